The fourth-order valence-electron chi connectivity index (χ4n) is 4.40. The quantitative estimate of drug-likeness (QED) is 0.236. The van der Waals surface area contributed by atoms with Crippen LogP contribution in [0.15, 0.2) is 36.9 Å². The zero-order chi connectivity index (χ0) is 28.4. The second kappa shape index (κ2) is 11.0. The molecule has 6 N–H and O–H groups in total. The molecule has 0 unspecified atom stereocenters. The van der Waals surface area contributed by atoms with Gasteiger partial charge in [0, 0.05) is 12.2 Å². The first-order valence-corrected chi connectivity index (χ1v) is 14.4. The summed E-state index contributed by atoms with van der Waals surface area (Å²) in [5.41, 5.74) is 6.09. The van der Waals surface area contributed by atoms with E-state index in [0.29, 0.717) is 25.1 Å². The molecule has 0 aliphatic carbocycles. The third-order valence-corrected chi connectivity index (χ3v) is 8.46. The molecule has 1 aliphatic heterocycles. The Morgan fingerprint density at radius 3 is 2.62 bits per heavy atom. The minimum Gasteiger partial charge on any atom is -0.385 e. The van der Waals surface area contributed by atoms with Crippen molar-refractivity contribution in [3.63, 3.8) is 0 Å². The Bertz CT molecular complexity index is 1420. The number of hydrogen-bond donors (Lipinski definition) is 5. The van der Waals surface area contributed by atoms with E-state index < -0.39 is 33.5 Å². The number of fused-ring (bicyclic) bond motifs is 1. The molecule has 3 heterocycles. The number of nitrogens with one attached hydrogen (secondary N) is 2. The van der Waals surface area contributed by atoms with Gasteiger partial charge in [-0.3, -0.25) is 4.57 Å². The van der Waals surface area contributed by atoms with Gasteiger partial charge < -0.3 is 31.3 Å². The van der Waals surface area contributed by atoms with E-state index in [2.05, 4.69) is 46.4 Å². The summed E-state index contributed by atoms with van der Waals surface area (Å²) in [5.74, 6) is -0.525. The fourth-order valence-corrected chi connectivity index (χ4v) is 5.99. The highest BCUT2D eigenvalue weighted by atomic mass is 32.2. The Balaban J connectivity index is 1.22. The monoisotopic (exact) mass is 561 g/mol. The van der Waals surface area contributed by atoms with Crippen LogP contribution in [0.5, 0.6) is 0 Å². The van der Waals surface area contributed by atoms with E-state index in [1.807, 2.05) is 24.3 Å². The molecule has 13 nitrogen and oxygen atoms in total. The summed E-state index contributed by atoms with van der Waals surface area (Å²) in [6, 6.07) is 7.24. The zero-order valence-corrected chi connectivity index (χ0v) is 23.0. The van der Waals surface area contributed by atoms with Crippen LogP contribution >= 0.6 is 0 Å². The van der Waals surface area contributed by atoms with Crippen LogP contribution < -0.4 is 16.4 Å². The minimum absolute atomic E-state index is 0.0176. The number of carbonyl (C=O) groups is 1. The lowest BCUT2D eigenvalue weighted by Crippen LogP contribution is -2.47. The van der Waals surface area contributed by atoms with Crippen molar-refractivity contribution in [2.45, 2.75) is 57.0 Å². The number of sulfone groups is 1. The predicted molar refractivity (Wildman–Crippen MR) is 146 cm³/mol. The van der Waals surface area contributed by atoms with Crippen molar-refractivity contribution in [2.75, 3.05) is 35.7 Å². The van der Waals surface area contributed by atoms with Crippen LogP contribution in [0.4, 0.5) is 16.3 Å². The van der Waals surface area contributed by atoms with Gasteiger partial charge in [-0.15, -0.1) is 0 Å². The Morgan fingerprint density at radius 1 is 1.21 bits per heavy atom. The average Bonchev–Trinajstić information content (AvgIpc) is 3.42. The van der Waals surface area contributed by atoms with Gasteiger partial charge in [-0.2, -0.15) is 0 Å². The number of amides is 2. The van der Waals surface area contributed by atoms with Crippen molar-refractivity contribution in [3.05, 3.63) is 42.5 Å². The molecule has 3 atom stereocenters. The highest BCUT2D eigenvalue weighted by Gasteiger charge is 2.51. The van der Waals surface area contributed by atoms with Gasteiger partial charge in [-0.1, -0.05) is 32.9 Å². The summed E-state index contributed by atoms with van der Waals surface area (Å²) in [5, 5.41) is 27.4. The molecule has 14 heteroatoms. The minimum atomic E-state index is -3.63. The molecule has 39 heavy (non-hydrogen) atoms. The maximum Gasteiger partial charge on any atom is 0.319 e. The van der Waals surface area contributed by atoms with Crippen molar-refractivity contribution in [2.24, 2.45) is 0 Å². The van der Waals surface area contributed by atoms with Gasteiger partial charge in [0.25, 0.3) is 0 Å². The topological polar surface area (TPSA) is 195 Å². The molecule has 1 fully saturated rings. The van der Waals surface area contributed by atoms with Crippen LogP contribution in [-0.2, 0) is 25.7 Å². The van der Waals surface area contributed by atoms with Crippen molar-refractivity contribution < 1.29 is 28.2 Å². The van der Waals surface area contributed by atoms with E-state index in [9.17, 15) is 23.4 Å². The standard InChI is InChI=1S/C25H35N7O6S/c1-24(2,3)16-6-8-17(9-7-16)31-23(34)27-10-4-5-11-39(36,37)12-18-20(33)25(35,13-38-18)32-15-30-19-21(26)28-14-29-22(19)32/h6-9,14-15,18,20,33,35H,4-5,10-13H2,1-3H3,(H2,26,28,29)(H2,27,31,34)/t18-,20-,25-/m1/s1. The normalized spacial score (nSPS) is 21.8. The maximum atomic E-state index is 12.7. The molecule has 212 valence electrons. The van der Waals surface area contributed by atoms with Crippen LogP contribution in [-0.4, -0.2) is 81.0 Å². The summed E-state index contributed by atoms with van der Waals surface area (Å²) >= 11 is 0. The number of nitrogens with zero attached hydrogens (tertiary/aromatic N) is 4. The zero-order valence-electron chi connectivity index (χ0n) is 22.2. The molecule has 1 aliphatic rings. The molecule has 0 saturated carbocycles. The third kappa shape index (κ3) is 6.46. The number of hydrogen-bond acceptors (Lipinski definition) is 10. The summed E-state index contributed by atoms with van der Waals surface area (Å²) in [6.45, 7) is 6.27. The number of nitrogen functional groups attached to an aromatic ring is 1. The first kappa shape index (κ1) is 28.7. The van der Waals surface area contributed by atoms with Crippen LogP contribution in [0, 0.1) is 0 Å². The van der Waals surface area contributed by atoms with E-state index in [0.717, 1.165) is 5.56 Å². The first-order valence-electron chi connectivity index (χ1n) is 12.6. The molecule has 1 saturated heterocycles. The van der Waals surface area contributed by atoms with Crippen molar-refractivity contribution in [3.8, 4) is 0 Å². The van der Waals surface area contributed by atoms with Crippen LogP contribution in [0.1, 0.15) is 39.2 Å². The summed E-state index contributed by atoms with van der Waals surface area (Å²) in [4.78, 5) is 24.1. The number of unbranched alkanes of at least 4 members (excludes halogenated alkanes) is 1. The fraction of sp³-hybridized carbons (Fsp3) is 0.520. The Morgan fingerprint density at radius 2 is 1.92 bits per heavy atom. The largest absolute Gasteiger partial charge is 0.385 e. The third-order valence-electron chi connectivity index (χ3n) is 6.71. The number of rotatable bonds is 9. The van der Waals surface area contributed by atoms with Crippen molar-refractivity contribution in [1.29, 1.82) is 0 Å². The van der Waals surface area contributed by atoms with Crippen molar-refractivity contribution in [1.82, 2.24) is 24.8 Å². The molecular weight excluding hydrogens is 526 g/mol. The number of carbonyl (C=O) groups excluding carboxylic acids is 1. The van der Waals surface area contributed by atoms with Crippen LogP contribution in [0.3, 0.4) is 0 Å². The van der Waals surface area contributed by atoms with Gasteiger partial charge in [-0.25, -0.2) is 28.2 Å². The highest BCUT2D eigenvalue weighted by molar-refractivity contribution is 7.91. The first-order chi connectivity index (χ1) is 18.3. The Labute approximate surface area is 226 Å². The lowest BCUT2D eigenvalue weighted by atomic mass is 9.87. The lowest BCUT2D eigenvalue weighted by Gasteiger charge is -2.27. The number of urea groups is 1. The molecular formula is C25H35N7O6S. The van der Waals surface area contributed by atoms with Crippen LogP contribution in [0.25, 0.3) is 11.2 Å². The maximum absolute atomic E-state index is 12.7. The second-order valence-corrected chi connectivity index (χ2v) is 13.0. The second-order valence-electron chi connectivity index (χ2n) is 10.7. The van der Waals surface area contributed by atoms with E-state index >= 15 is 0 Å². The van der Waals surface area contributed by atoms with Crippen molar-refractivity contribution >= 4 is 38.5 Å². The van der Waals surface area contributed by atoms with Gasteiger partial charge in [0.2, 0.25) is 0 Å². The predicted octanol–water partition coefficient (Wildman–Crippen LogP) is 1.13. The molecule has 1 aromatic carbocycles. The number of nitrogens with two attached hydrogens (primary N) is 1. The number of imidazole rings is 1. The van der Waals surface area contributed by atoms with Gasteiger partial charge in [0.1, 0.15) is 24.1 Å². The van der Waals surface area contributed by atoms with E-state index in [1.165, 1.54) is 17.2 Å². The summed E-state index contributed by atoms with van der Waals surface area (Å²) in [7, 11) is -3.63. The molecule has 3 aromatic rings. The summed E-state index contributed by atoms with van der Waals surface area (Å²) < 4.78 is 32.1. The van der Waals surface area contributed by atoms with E-state index in [-0.39, 0.29) is 40.8 Å². The lowest BCUT2D eigenvalue weighted by molar-refractivity contribution is -0.107. The molecule has 2 aromatic heterocycles. The van der Waals surface area contributed by atoms with Gasteiger partial charge in [-0.05, 0) is 36.0 Å². The Kier molecular flexibility index (Phi) is 8.12. The molecule has 2 amide bonds. The van der Waals surface area contributed by atoms with Gasteiger partial charge >= 0.3 is 6.03 Å². The molecule has 0 spiro atoms. The van der Waals surface area contributed by atoms with E-state index in [1.54, 1.807) is 0 Å². The smallest absolute Gasteiger partial charge is 0.319 e. The van der Waals surface area contributed by atoms with Gasteiger partial charge in [0.05, 0.1) is 24.4 Å². The molecule has 0 radical (unpaired) electrons. The number of ether oxygens (including phenoxy) is 1. The van der Waals surface area contributed by atoms with Gasteiger partial charge in [0.15, 0.2) is 27.0 Å². The number of benzene rings is 1. The highest BCUT2D eigenvalue weighted by Crippen LogP contribution is 2.33. The number of aliphatic hydroxyl groups is 2. The average molecular weight is 562 g/mol. The summed E-state index contributed by atoms with van der Waals surface area (Å²) in [6.07, 6.45) is 0.498. The van der Waals surface area contributed by atoms with E-state index in [4.69, 9.17) is 10.5 Å². The SMILES string of the molecule is CC(C)(C)c1ccc(NC(=O)NCCCCS(=O)(=O)C[C@H]2OC[C@](O)(n3cnc4c(N)ncnc43)[C@@H]2O)cc1. The molecule has 0 bridgehead atoms. The Hall–Kier alpha value is -3.33. The number of anilines is 2. The van der Waals surface area contributed by atoms with Crippen LogP contribution in [0.2, 0.25) is 0 Å². The number of aromatic nitrogens is 4. The molecule has 4 rings (SSSR count). The number of aliphatic hydroxyl groups excluding tert-OH is 1.